The maximum atomic E-state index is 12.8. The standard InChI is InChI=1S/C21H27N3O4S2/c1-28-11-4-9-22-20(27)18-15-5-2-3-6-16(15)30-21(18)24-17(25)7-10-23-19(26)14-8-12-29-13-14/h8,12-13H,2-7,9-11H2,1H3,(H,22,27)(H,23,26)(H,24,25). The Kier molecular flexibility index (Phi) is 8.41. The van der Waals surface area contributed by atoms with Gasteiger partial charge in [-0.25, -0.2) is 0 Å². The highest BCUT2D eigenvalue weighted by molar-refractivity contribution is 7.17. The van der Waals surface area contributed by atoms with E-state index in [0.29, 0.717) is 29.3 Å². The number of hydrogen-bond donors (Lipinski definition) is 3. The van der Waals surface area contributed by atoms with E-state index >= 15 is 0 Å². The Hall–Kier alpha value is -2.23. The number of rotatable bonds is 10. The number of amides is 3. The van der Waals surface area contributed by atoms with Gasteiger partial charge in [0, 0.05) is 49.0 Å². The lowest BCUT2D eigenvalue weighted by Crippen LogP contribution is -2.29. The smallest absolute Gasteiger partial charge is 0.254 e. The summed E-state index contributed by atoms with van der Waals surface area (Å²) in [7, 11) is 1.63. The summed E-state index contributed by atoms with van der Waals surface area (Å²) in [6.07, 6.45) is 4.84. The number of fused-ring (bicyclic) bond motifs is 1. The zero-order valence-electron chi connectivity index (χ0n) is 17.0. The highest BCUT2D eigenvalue weighted by atomic mass is 32.1. The summed E-state index contributed by atoms with van der Waals surface area (Å²) in [6, 6.07) is 1.74. The molecule has 0 atom stereocenters. The van der Waals surface area contributed by atoms with E-state index < -0.39 is 0 Å². The molecular weight excluding hydrogens is 422 g/mol. The molecule has 0 fully saturated rings. The zero-order valence-corrected chi connectivity index (χ0v) is 18.7. The summed E-state index contributed by atoms with van der Waals surface area (Å²) in [5.41, 5.74) is 2.26. The first-order valence-corrected chi connectivity index (χ1v) is 11.9. The molecule has 3 N–H and O–H groups in total. The van der Waals surface area contributed by atoms with Gasteiger partial charge in [0.15, 0.2) is 0 Å². The summed E-state index contributed by atoms with van der Waals surface area (Å²) < 4.78 is 5.02. The molecule has 2 heterocycles. The molecule has 0 aliphatic heterocycles. The average molecular weight is 450 g/mol. The fourth-order valence-electron chi connectivity index (χ4n) is 3.38. The number of nitrogens with one attached hydrogen (secondary N) is 3. The molecule has 162 valence electrons. The van der Waals surface area contributed by atoms with Crippen molar-refractivity contribution in [2.45, 2.75) is 38.5 Å². The van der Waals surface area contributed by atoms with Gasteiger partial charge in [-0.3, -0.25) is 14.4 Å². The van der Waals surface area contributed by atoms with E-state index in [2.05, 4.69) is 16.0 Å². The Morgan fingerprint density at radius 2 is 1.90 bits per heavy atom. The fourth-order valence-corrected chi connectivity index (χ4v) is 5.31. The van der Waals surface area contributed by atoms with Crippen molar-refractivity contribution in [3.05, 3.63) is 38.4 Å². The first-order valence-electron chi connectivity index (χ1n) is 10.1. The number of methoxy groups -OCH3 is 1. The Labute approximate surface area is 184 Å². The van der Waals surface area contributed by atoms with Gasteiger partial charge < -0.3 is 20.7 Å². The molecule has 3 rings (SSSR count). The lowest BCUT2D eigenvalue weighted by atomic mass is 9.95. The van der Waals surface area contributed by atoms with Crippen LogP contribution >= 0.6 is 22.7 Å². The van der Waals surface area contributed by atoms with Crippen molar-refractivity contribution in [2.24, 2.45) is 0 Å². The molecule has 1 aliphatic carbocycles. The summed E-state index contributed by atoms with van der Waals surface area (Å²) in [4.78, 5) is 38.4. The van der Waals surface area contributed by atoms with Gasteiger partial charge in [0.05, 0.1) is 5.56 Å². The Morgan fingerprint density at radius 1 is 1.10 bits per heavy atom. The van der Waals surface area contributed by atoms with Crippen LogP contribution in [0.25, 0.3) is 0 Å². The molecular formula is C21H27N3O4S2. The number of aryl methyl sites for hydroxylation is 1. The number of ether oxygens (including phenoxy) is 1. The van der Waals surface area contributed by atoms with Crippen molar-refractivity contribution < 1.29 is 19.1 Å². The van der Waals surface area contributed by atoms with Gasteiger partial charge in [0.1, 0.15) is 5.00 Å². The number of thiophene rings is 2. The van der Waals surface area contributed by atoms with Crippen molar-refractivity contribution in [2.75, 3.05) is 32.1 Å². The van der Waals surface area contributed by atoms with Crippen LogP contribution in [0.15, 0.2) is 16.8 Å². The van der Waals surface area contributed by atoms with Crippen LogP contribution in [0.2, 0.25) is 0 Å². The average Bonchev–Trinajstić information content (AvgIpc) is 3.39. The molecule has 0 saturated carbocycles. The van der Waals surface area contributed by atoms with Crippen LogP contribution in [0.3, 0.4) is 0 Å². The molecule has 0 spiro atoms. The van der Waals surface area contributed by atoms with Crippen LogP contribution < -0.4 is 16.0 Å². The van der Waals surface area contributed by atoms with Crippen molar-refractivity contribution in [3.8, 4) is 0 Å². The first kappa shape index (κ1) is 22.5. The number of hydrogen-bond acceptors (Lipinski definition) is 6. The van der Waals surface area contributed by atoms with Crippen LogP contribution in [-0.2, 0) is 22.4 Å². The zero-order chi connectivity index (χ0) is 21.3. The molecule has 30 heavy (non-hydrogen) atoms. The van der Waals surface area contributed by atoms with Crippen molar-refractivity contribution >= 4 is 45.4 Å². The van der Waals surface area contributed by atoms with E-state index in [-0.39, 0.29) is 30.7 Å². The lowest BCUT2D eigenvalue weighted by molar-refractivity contribution is -0.116. The summed E-state index contributed by atoms with van der Waals surface area (Å²) in [5.74, 6) is -0.550. The molecule has 7 nitrogen and oxygen atoms in total. The van der Waals surface area contributed by atoms with E-state index in [1.807, 2.05) is 5.38 Å². The predicted octanol–water partition coefficient (Wildman–Crippen LogP) is 3.21. The number of carbonyl (C=O) groups is 3. The SMILES string of the molecule is COCCCNC(=O)c1c(NC(=O)CCNC(=O)c2ccsc2)sc2c1CCCC2. The van der Waals surface area contributed by atoms with Crippen molar-refractivity contribution in [1.82, 2.24) is 10.6 Å². The minimum atomic E-state index is -0.215. The molecule has 0 radical (unpaired) electrons. The summed E-state index contributed by atoms with van der Waals surface area (Å²) in [6.45, 7) is 1.35. The van der Waals surface area contributed by atoms with Crippen molar-refractivity contribution in [3.63, 3.8) is 0 Å². The van der Waals surface area contributed by atoms with Gasteiger partial charge in [-0.15, -0.1) is 11.3 Å². The molecule has 3 amide bonds. The number of carbonyl (C=O) groups excluding carboxylic acids is 3. The normalized spacial score (nSPS) is 12.8. The maximum absolute atomic E-state index is 12.8. The van der Waals surface area contributed by atoms with Gasteiger partial charge >= 0.3 is 0 Å². The predicted molar refractivity (Wildman–Crippen MR) is 120 cm³/mol. The molecule has 2 aromatic rings. The minimum Gasteiger partial charge on any atom is -0.385 e. The monoisotopic (exact) mass is 449 g/mol. The summed E-state index contributed by atoms with van der Waals surface area (Å²) in [5, 5.41) is 12.8. The molecule has 0 saturated heterocycles. The van der Waals surface area contributed by atoms with E-state index in [0.717, 1.165) is 37.7 Å². The molecule has 0 unspecified atom stereocenters. The minimum absolute atomic E-state index is 0.146. The highest BCUT2D eigenvalue weighted by Crippen LogP contribution is 2.38. The van der Waals surface area contributed by atoms with Gasteiger partial charge in [-0.1, -0.05) is 0 Å². The van der Waals surface area contributed by atoms with E-state index in [1.165, 1.54) is 27.6 Å². The second-order valence-electron chi connectivity index (χ2n) is 7.08. The third-order valence-electron chi connectivity index (χ3n) is 4.88. The largest absolute Gasteiger partial charge is 0.385 e. The van der Waals surface area contributed by atoms with Gasteiger partial charge in [-0.2, -0.15) is 11.3 Å². The van der Waals surface area contributed by atoms with Gasteiger partial charge in [-0.05, 0) is 49.1 Å². The lowest BCUT2D eigenvalue weighted by Gasteiger charge is -2.13. The molecule has 9 heteroatoms. The third-order valence-corrected chi connectivity index (χ3v) is 6.77. The molecule has 1 aliphatic rings. The summed E-state index contributed by atoms with van der Waals surface area (Å²) >= 11 is 2.95. The maximum Gasteiger partial charge on any atom is 0.254 e. The second kappa shape index (κ2) is 11.2. The van der Waals surface area contributed by atoms with Crippen LogP contribution in [0.4, 0.5) is 5.00 Å². The van der Waals surface area contributed by atoms with Gasteiger partial charge in [0.25, 0.3) is 11.8 Å². The Morgan fingerprint density at radius 3 is 2.67 bits per heavy atom. The van der Waals surface area contributed by atoms with Gasteiger partial charge in [0.2, 0.25) is 5.91 Å². The second-order valence-corrected chi connectivity index (χ2v) is 8.97. The van der Waals surface area contributed by atoms with E-state index in [1.54, 1.807) is 18.6 Å². The van der Waals surface area contributed by atoms with Crippen molar-refractivity contribution in [1.29, 1.82) is 0 Å². The third kappa shape index (κ3) is 5.90. The van der Waals surface area contributed by atoms with E-state index in [4.69, 9.17) is 4.74 Å². The van der Waals surface area contributed by atoms with E-state index in [9.17, 15) is 14.4 Å². The van der Waals surface area contributed by atoms with Crippen LogP contribution in [0.1, 0.15) is 56.8 Å². The molecule has 0 bridgehead atoms. The molecule has 2 aromatic heterocycles. The van der Waals surface area contributed by atoms with Crippen LogP contribution in [0.5, 0.6) is 0 Å². The topological polar surface area (TPSA) is 96.5 Å². The first-order chi connectivity index (χ1) is 14.6. The van der Waals surface area contributed by atoms with Crippen LogP contribution in [-0.4, -0.2) is 44.5 Å². The van der Waals surface area contributed by atoms with Crippen LogP contribution in [0, 0.1) is 0 Å². The number of anilines is 1. The molecule has 0 aromatic carbocycles. The Balaban J connectivity index is 1.60. The Bertz CT molecular complexity index is 877. The quantitative estimate of drug-likeness (QED) is 0.485. The fraction of sp³-hybridized carbons (Fsp3) is 0.476. The highest BCUT2D eigenvalue weighted by Gasteiger charge is 2.26.